The van der Waals surface area contributed by atoms with Gasteiger partial charge in [-0.3, -0.25) is 0 Å². The van der Waals surface area contributed by atoms with E-state index in [-0.39, 0.29) is 59.7 Å². The molecule has 5 heterocycles. The topological polar surface area (TPSA) is 112 Å². The highest BCUT2D eigenvalue weighted by molar-refractivity contribution is 6.31. The second kappa shape index (κ2) is 11.6. The molecule has 0 saturated carbocycles. The van der Waals surface area contributed by atoms with E-state index in [1.54, 1.807) is 30.6 Å². The number of fused-ring (bicyclic) bond motifs is 5. The summed E-state index contributed by atoms with van der Waals surface area (Å²) in [6.45, 7) is 8.93. The molecule has 0 spiro atoms. The second-order valence-electron chi connectivity index (χ2n) is 12.1. The Labute approximate surface area is 266 Å². The molecule has 1 aromatic carbocycles. The molecular formula is C31H30ClF3N6O5. The van der Waals surface area contributed by atoms with Crippen molar-refractivity contribution in [2.45, 2.75) is 52.3 Å². The molecule has 11 nitrogen and oxygen atoms in total. The van der Waals surface area contributed by atoms with E-state index in [2.05, 4.69) is 15.0 Å². The van der Waals surface area contributed by atoms with Crippen LogP contribution >= 0.6 is 11.6 Å². The summed E-state index contributed by atoms with van der Waals surface area (Å²) in [5.41, 5.74) is -2.93. The molecule has 1 fully saturated rings. The van der Waals surface area contributed by atoms with E-state index in [0.717, 1.165) is 22.8 Å². The molecule has 0 unspecified atom stereocenters. The zero-order valence-corrected chi connectivity index (χ0v) is 26.4. The minimum Gasteiger partial charge on any atom is -0.488 e. The van der Waals surface area contributed by atoms with E-state index in [0.29, 0.717) is 0 Å². The number of carbonyl (C=O) groups excluding carboxylic acids is 1. The molecule has 6 rings (SSSR count). The number of halogens is 4. The zero-order chi connectivity index (χ0) is 33.1. The molecule has 15 heteroatoms. The number of rotatable bonds is 1. The number of aromatic nitrogens is 4. The minimum atomic E-state index is -1.02. The largest absolute Gasteiger partial charge is 0.488 e. The normalized spacial score (nSPS) is 18.2. The van der Waals surface area contributed by atoms with Crippen LogP contribution in [0.4, 0.5) is 23.8 Å². The summed E-state index contributed by atoms with van der Waals surface area (Å²) in [4.78, 5) is 43.1. The van der Waals surface area contributed by atoms with Gasteiger partial charge in [0, 0.05) is 37.4 Å². The number of nitrogens with zero attached hydrogens (tertiary/aromatic N) is 6. The number of benzene rings is 1. The number of anilines is 1. The predicted octanol–water partition coefficient (Wildman–Crippen LogP) is 5.52. The van der Waals surface area contributed by atoms with Crippen LogP contribution in [-0.4, -0.2) is 74.5 Å². The van der Waals surface area contributed by atoms with Crippen molar-refractivity contribution in [3.63, 3.8) is 0 Å². The van der Waals surface area contributed by atoms with Crippen LogP contribution in [0.2, 0.25) is 5.15 Å². The van der Waals surface area contributed by atoms with Crippen molar-refractivity contribution in [2.75, 3.05) is 31.2 Å². The van der Waals surface area contributed by atoms with E-state index >= 15 is 8.78 Å². The lowest BCUT2D eigenvalue weighted by Gasteiger charge is -2.44. The first-order valence-electron chi connectivity index (χ1n) is 14.5. The molecule has 1 amide bonds. The summed E-state index contributed by atoms with van der Waals surface area (Å²) in [5, 5.41) is -0.0838. The fourth-order valence-corrected chi connectivity index (χ4v) is 5.85. The van der Waals surface area contributed by atoms with Crippen molar-refractivity contribution in [3.05, 3.63) is 63.6 Å². The van der Waals surface area contributed by atoms with Gasteiger partial charge in [0.15, 0.2) is 28.2 Å². The first kappa shape index (κ1) is 31.4. The van der Waals surface area contributed by atoms with E-state index in [1.165, 1.54) is 12.3 Å². The average molecular weight is 659 g/mol. The molecular weight excluding hydrogens is 629 g/mol. The fraction of sp³-hybridized carbons (Fsp3) is 0.387. The first-order valence-corrected chi connectivity index (χ1v) is 14.9. The number of pyridine rings is 2. The van der Waals surface area contributed by atoms with Gasteiger partial charge < -0.3 is 24.0 Å². The highest BCUT2D eigenvalue weighted by Crippen LogP contribution is 2.40. The molecule has 1 saturated heterocycles. The van der Waals surface area contributed by atoms with Crippen LogP contribution in [0.15, 0.2) is 35.3 Å². The molecule has 46 heavy (non-hydrogen) atoms. The van der Waals surface area contributed by atoms with Crippen LogP contribution in [0.1, 0.15) is 34.6 Å². The van der Waals surface area contributed by atoms with Crippen molar-refractivity contribution in [3.8, 4) is 28.4 Å². The van der Waals surface area contributed by atoms with Crippen molar-refractivity contribution >= 4 is 34.5 Å². The van der Waals surface area contributed by atoms with Crippen LogP contribution in [0.3, 0.4) is 0 Å². The van der Waals surface area contributed by atoms with Crippen molar-refractivity contribution in [2.24, 2.45) is 0 Å². The van der Waals surface area contributed by atoms with Gasteiger partial charge in [0.2, 0.25) is 0 Å². The Morgan fingerprint density at radius 2 is 1.72 bits per heavy atom. The van der Waals surface area contributed by atoms with E-state index in [9.17, 15) is 14.0 Å². The van der Waals surface area contributed by atoms with Crippen LogP contribution in [0.25, 0.3) is 28.0 Å². The predicted molar refractivity (Wildman–Crippen MR) is 163 cm³/mol. The smallest absolute Gasteiger partial charge is 0.410 e. The lowest BCUT2D eigenvalue weighted by Crippen LogP contribution is -2.59. The van der Waals surface area contributed by atoms with Crippen LogP contribution < -0.4 is 20.1 Å². The van der Waals surface area contributed by atoms with Gasteiger partial charge in [-0.1, -0.05) is 11.6 Å². The highest BCUT2D eigenvalue weighted by Gasteiger charge is 2.37. The molecule has 2 aliphatic rings. The molecule has 0 N–H and O–H groups in total. The maximum atomic E-state index is 16.1. The molecule has 2 aliphatic heterocycles. The van der Waals surface area contributed by atoms with Gasteiger partial charge in [-0.2, -0.15) is 4.98 Å². The SMILES string of the molecule is C[C@H]1CN(c2nc(=O)n3c4nc(c(F)cc24)-c2c(F)ccc(F)c2OCCOc2ccnc(Cl)c2-3)[C@@H](C)CN1C(=O)OC(C)(C)C. The summed E-state index contributed by atoms with van der Waals surface area (Å²) >= 11 is 6.50. The Hall–Kier alpha value is -4.59. The third-order valence-corrected chi connectivity index (χ3v) is 7.91. The lowest BCUT2D eigenvalue weighted by atomic mass is 10.1. The van der Waals surface area contributed by atoms with Crippen LogP contribution in [-0.2, 0) is 4.74 Å². The number of hydrogen-bond acceptors (Lipinski definition) is 9. The molecule has 2 atom stereocenters. The van der Waals surface area contributed by atoms with Gasteiger partial charge in [-0.25, -0.2) is 37.3 Å². The highest BCUT2D eigenvalue weighted by atomic mass is 35.5. The third-order valence-electron chi connectivity index (χ3n) is 7.64. The average Bonchev–Trinajstić information content (AvgIpc) is 2.97. The van der Waals surface area contributed by atoms with Gasteiger partial charge in [0.25, 0.3) is 0 Å². The van der Waals surface area contributed by atoms with Gasteiger partial charge >= 0.3 is 11.8 Å². The number of carbonyl (C=O) groups is 1. The Morgan fingerprint density at radius 3 is 2.46 bits per heavy atom. The summed E-state index contributed by atoms with van der Waals surface area (Å²) in [5.74, 6) is -3.35. The van der Waals surface area contributed by atoms with Crippen LogP contribution in [0, 0.1) is 17.5 Å². The minimum absolute atomic E-state index is 0.0278. The first-order chi connectivity index (χ1) is 21.7. The van der Waals surface area contributed by atoms with Gasteiger partial charge in [0.1, 0.15) is 47.6 Å². The molecule has 0 aliphatic carbocycles. The molecule has 2 bridgehead atoms. The van der Waals surface area contributed by atoms with E-state index in [4.69, 9.17) is 25.8 Å². The monoisotopic (exact) mass is 658 g/mol. The van der Waals surface area contributed by atoms with E-state index in [1.807, 2.05) is 13.8 Å². The number of amides is 1. The lowest BCUT2D eigenvalue weighted by molar-refractivity contribution is 0.0130. The standard InChI is InChI=1S/C31H30ClF3N6O5/c1-15-14-40(30(43)46-31(3,4)5)16(2)13-39(15)27-17-12-20(35)23-22-18(33)6-7-19(34)25(22)45-11-10-44-21-8-9-36-26(32)24(21)41(28(17)37-23)29(42)38-27/h6-9,12,15-16H,10-11,13-14H2,1-5H3/t15-,16-/m0/s1. The summed E-state index contributed by atoms with van der Waals surface area (Å²) < 4.78 is 64.4. The van der Waals surface area contributed by atoms with Crippen LogP contribution in [0.5, 0.6) is 11.5 Å². The molecule has 0 radical (unpaired) electrons. The summed E-state index contributed by atoms with van der Waals surface area (Å²) in [6, 6.07) is 3.39. The van der Waals surface area contributed by atoms with Gasteiger partial charge in [0.05, 0.1) is 10.9 Å². The zero-order valence-electron chi connectivity index (χ0n) is 25.6. The van der Waals surface area contributed by atoms with Crippen molar-refractivity contribution < 1.29 is 32.2 Å². The number of hydrogen-bond donors (Lipinski definition) is 0. The Balaban J connectivity index is 1.60. The Bertz CT molecular complexity index is 1930. The van der Waals surface area contributed by atoms with E-state index < -0.39 is 63.9 Å². The van der Waals surface area contributed by atoms with Crippen molar-refractivity contribution in [1.82, 2.24) is 24.4 Å². The Kier molecular flexibility index (Phi) is 7.95. The molecule has 3 aromatic heterocycles. The fourth-order valence-electron chi connectivity index (χ4n) is 5.62. The maximum Gasteiger partial charge on any atom is 0.410 e. The quantitative estimate of drug-likeness (QED) is 0.244. The summed E-state index contributed by atoms with van der Waals surface area (Å²) in [7, 11) is 0. The maximum absolute atomic E-state index is 16.1. The second-order valence-corrected chi connectivity index (χ2v) is 12.5. The molecule has 242 valence electrons. The third kappa shape index (κ3) is 5.54. The van der Waals surface area contributed by atoms with Crippen molar-refractivity contribution in [1.29, 1.82) is 0 Å². The number of ether oxygens (including phenoxy) is 3. The Morgan fingerprint density at radius 1 is 1.00 bits per heavy atom. The summed E-state index contributed by atoms with van der Waals surface area (Å²) in [6.07, 6.45) is 0.867. The van der Waals surface area contributed by atoms with Gasteiger partial charge in [-0.15, -0.1) is 0 Å². The van der Waals surface area contributed by atoms with Gasteiger partial charge in [-0.05, 0) is 52.8 Å². The number of piperazine rings is 1. The molecule has 4 aromatic rings.